The SMILES string of the molecule is O=C(C[C@@H](CSc1ccccc1)C(=O)O)c1ccc(-c2ccc(Cl)cc2)cc1. The lowest BCUT2D eigenvalue weighted by Gasteiger charge is -2.12. The number of benzene rings is 3. The number of Topliss-reactive ketones (excluding diaryl/α,β-unsaturated/α-hetero) is 1. The molecule has 0 amide bonds. The average Bonchev–Trinajstić information content (AvgIpc) is 2.72. The Morgan fingerprint density at radius 3 is 2.00 bits per heavy atom. The highest BCUT2D eigenvalue weighted by Gasteiger charge is 2.22. The number of thioether (sulfide) groups is 1. The number of hydrogen-bond acceptors (Lipinski definition) is 3. The Bertz CT molecular complexity index is 938. The zero-order valence-electron chi connectivity index (χ0n) is 15.0. The Morgan fingerprint density at radius 2 is 1.43 bits per heavy atom. The quantitative estimate of drug-likeness (QED) is 0.361. The Labute approximate surface area is 173 Å². The number of ketones is 1. The number of carbonyl (C=O) groups excluding carboxylic acids is 1. The first-order valence-corrected chi connectivity index (χ1v) is 10.2. The lowest BCUT2D eigenvalue weighted by atomic mass is 9.97. The highest BCUT2D eigenvalue weighted by atomic mass is 35.5. The van der Waals surface area contributed by atoms with E-state index in [0.717, 1.165) is 16.0 Å². The summed E-state index contributed by atoms with van der Waals surface area (Å²) in [6, 6.07) is 24.3. The molecule has 3 rings (SSSR count). The third-order valence-corrected chi connectivity index (χ3v) is 5.79. The molecule has 1 atom stereocenters. The van der Waals surface area contributed by atoms with Gasteiger partial charge in [0.05, 0.1) is 5.92 Å². The predicted molar refractivity (Wildman–Crippen MR) is 114 cm³/mol. The van der Waals surface area contributed by atoms with E-state index in [0.29, 0.717) is 16.3 Å². The van der Waals surface area contributed by atoms with E-state index in [4.69, 9.17) is 11.6 Å². The normalized spacial score (nSPS) is 11.8. The molecule has 3 aromatic carbocycles. The van der Waals surface area contributed by atoms with Crippen LogP contribution in [-0.4, -0.2) is 22.6 Å². The molecule has 5 heteroatoms. The second-order valence-corrected chi connectivity index (χ2v) is 7.90. The molecule has 3 nitrogen and oxygen atoms in total. The van der Waals surface area contributed by atoms with E-state index in [9.17, 15) is 14.7 Å². The third kappa shape index (κ3) is 5.47. The molecule has 3 aromatic rings. The summed E-state index contributed by atoms with van der Waals surface area (Å²) in [7, 11) is 0. The van der Waals surface area contributed by atoms with Gasteiger partial charge in [0, 0.05) is 27.7 Å². The summed E-state index contributed by atoms with van der Waals surface area (Å²) < 4.78 is 0. The number of halogens is 1. The van der Waals surface area contributed by atoms with Crippen molar-refractivity contribution in [3.05, 3.63) is 89.4 Å². The monoisotopic (exact) mass is 410 g/mol. The van der Waals surface area contributed by atoms with Crippen molar-refractivity contribution in [3.8, 4) is 11.1 Å². The van der Waals surface area contributed by atoms with Gasteiger partial charge in [0.2, 0.25) is 0 Å². The smallest absolute Gasteiger partial charge is 0.307 e. The van der Waals surface area contributed by atoms with Crippen molar-refractivity contribution in [1.82, 2.24) is 0 Å². The van der Waals surface area contributed by atoms with Gasteiger partial charge < -0.3 is 5.11 Å². The number of hydrogen-bond donors (Lipinski definition) is 1. The largest absolute Gasteiger partial charge is 0.481 e. The number of aliphatic carboxylic acids is 1. The molecule has 0 heterocycles. The summed E-state index contributed by atoms with van der Waals surface area (Å²) >= 11 is 7.36. The molecule has 1 N–H and O–H groups in total. The van der Waals surface area contributed by atoms with Gasteiger partial charge in [-0.2, -0.15) is 0 Å². The highest BCUT2D eigenvalue weighted by Crippen LogP contribution is 2.25. The molecule has 0 bridgehead atoms. The zero-order valence-corrected chi connectivity index (χ0v) is 16.6. The molecular formula is C23H19ClO3S. The fraction of sp³-hybridized carbons (Fsp3) is 0.130. The van der Waals surface area contributed by atoms with Crippen molar-refractivity contribution in [1.29, 1.82) is 0 Å². The van der Waals surface area contributed by atoms with Crippen LogP contribution in [0.2, 0.25) is 5.02 Å². The van der Waals surface area contributed by atoms with E-state index in [1.54, 1.807) is 12.1 Å². The number of carboxylic acids is 1. The van der Waals surface area contributed by atoms with E-state index < -0.39 is 11.9 Å². The minimum Gasteiger partial charge on any atom is -0.481 e. The first-order valence-electron chi connectivity index (χ1n) is 8.83. The minimum atomic E-state index is -0.949. The Morgan fingerprint density at radius 1 is 0.857 bits per heavy atom. The fourth-order valence-electron chi connectivity index (χ4n) is 2.76. The molecule has 0 radical (unpaired) electrons. The standard InChI is InChI=1S/C23H19ClO3S/c24-20-12-10-17(11-13-20)16-6-8-18(9-7-16)22(25)14-19(23(26)27)15-28-21-4-2-1-3-5-21/h1-13,19H,14-15H2,(H,26,27)/t19-/m0/s1. The van der Waals surface area contributed by atoms with Gasteiger partial charge in [0.15, 0.2) is 5.78 Å². The summed E-state index contributed by atoms with van der Waals surface area (Å²) in [4.78, 5) is 25.1. The van der Waals surface area contributed by atoms with Gasteiger partial charge in [-0.1, -0.05) is 66.2 Å². The van der Waals surface area contributed by atoms with Crippen LogP contribution in [-0.2, 0) is 4.79 Å². The first-order chi connectivity index (χ1) is 13.5. The maximum absolute atomic E-state index is 12.6. The van der Waals surface area contributed by atoms with Gasteiger partial charge in [-0.25, -0.2) is 0 Å². The van der Waals surface area contributed by atoms with Crippen molar-refractivity contribution in [3.63, 3.8) is 0 Å². The summed E-state index contributed by atoms with van der Waals surface area (Å²) in [6.45, 7) is 0. The van der Waals surface area contributed by atoms with Crippen molar-refractivity contribution < 1.29 is 14.7 Å². The zero-order chi connectivity index (χ0) is 19.9. The van der Waals surface area contributed by atoms with Crippen LogP contribution < -0.4 is 0 Å². The van der Waals surface area contributed by atoms with E-state index in [-0.39, 0.29) is 12.2 Å². The van der Waals surface area contributed by atoms with Crippen LogP contribution in [0, 0.1) is 5.92 Å². The van der Waals surface area contributed by atoms with Crippen molar-refractivity contribution >= 4 is 35.1 Å². The van der Waals surface area contributed by atoms with Gasteiger partial charge in [0.25, 0.3) is 0 Å². The first kappa shape index (κ1) is 20.2. The summed E-state index contributed by atoms with van der Waals surface area (Å²) in [6.07, 6.45) is -0.0184. The van der Waals surface area contributed by atoms with Crippen LogP contribution in [0.1, 0.15) is 16.8 Å². The van der Waals surface area contributed by atoms with Gasteiger partial charge in [0.1, 0.15) is 0 Å². The molecule has 0 aromatic heterocycles. The lowest BCUT2D eigenvalue weighted by molar-refractivity contribution is -0.140. The Kier molecular flexibility index (Phi) is 6.90. The fourth-order valence-corrected chi connectivity index (χ4v) is 3.89. The van der Waals surface area contributed by atoms with Crippen molar-refractivity contribution in [2.24, 2.45) is 5.92 Å². The van der Waals surface area contributed by atoms with Gasteiger partial charge >= 0.3 is 5.97 Å². The summed E-state index contributed by atoms with van der Waals surface area (Å²) in [5.41, 5.74) is 2.50. The molecular weight excluding hydrogens is 392 g/mol. The topological polar surface area (TPSA) is 54.4 Å². The molecule has 28 heavy (non-hydrogen) atoms. The molecule has 0 saturated carbocycles. The molecule has 0 aliphatic rings. The van der Waals surface area contributed by atoms with Gasteiger partial charge in [-0.3, -0.25) is 9.59 Å². The van der Waals surface area contributed by atoms with E-state index >= 15 is 0 Å². The third-order valence-electron chi connectivity index (χ3n) is 4.36. The van der Waals surface area contributed by atoms with Crippen LogP contribution >= 0.6 is 23.4 Å². The van der Waals surface area contributed by atoms with Crippen molar-refractivity contribution in [2.45, 2.75) is 11.3 Å². The van der Waals surface area contributed by atoms with Crippen LogP contribution in [0.5, 0.6) is 0 Å². The number of carboxylic acid groups (broad SMARTS) is 1. The Balaban J connectivity index is 1.64. The molecule has 142 valence electrons. The average molecular weight is 411 g/mol. The van der Waals surface area contributed by atoms with E-state index in [2.05, 4.69) is 0 Å². The second-order valence-electron chi connectivity index (χ2n) is 6.37. The molecule has 0 fully saturated rings. The molecule has 0 aliphatic carbocycles. The predicted octanol–water partition coefficient (Wildman–Crippen LogP) is 6.07. The molecule has 0 saturated heterocycles. The minimum absolute atomic E-state index is 0.0184. The van der Waals surface area contributed by atoms with Crippen LogP contribution in [0.15, 0.2) is 83.8 Å². The number of carbonyl (C=O) groups is 2. The highest BCUT2D eigenvalue weighted by molar-refractivity contribution is 7.99. The summed E-state index contributed by atoms with van der Waals surface area (Å²) in [5, 5.41) is 10.2. The van der Waals surface area contributed by atoms with Gasteiger partial charge in [-0.15, -0.1) is 11.8 Å². The molecule has 0 unspecified atom stereocenters. The van der Waals surface area contributed by atoms with Crippen molar-refractivity contribution in [2.75, 3.05) is 5.75 Å². The molecule has 0 spiro atoms. The van der Waals surface area contributed by atoms with Crippen LogP contribution in [0.25, 0.3) is 11.1 Å². The van der Waals surface area contributed by atoms with E-state index in [1.165, 1.54) is 11.8 Å². The van der Waals surface area contributed by atoms with Gasteiger partial charge in [-0.05, 0) is 35.4 Å². The van der Waals surface area contributed by atoms with Crippen LogP contribution in [0.3, 0.4) is 0 Å². The second kappa shape index (κ2) is 9.58. The maximum Gasteiger partial charge on any atom is 0.307 e. The summed E-state index contributed by atoms with van der Waals surface area (Å²) in [5.74, 6) is -1.49. The lowest BCUT2D eigenvalue weighted by Crippen LogP contribution is -2.20. The number of rotatable bonds is 8. The van der Waals surface area contributed by atoms with Crippen LogP contribution in [0.4, 0.5) is 0 Å². The Hall–Kier alpha value is -2.56. The molecule has 0 aliphatic heterocycles. The van der Waals surface area contributed by atoms with E-state index in [1.807, 2.05) is 66.7 Å². The maximum atomic E-state index is 12.6.